The molecule has 10 nitrogen and oxygen atoms in total. The summed E-state index contributed by atoms with van der Waals surface area (Å²) in [6.07, 6.45) is 3.48. The quantitative estimate of drug-likeness (QED) is 0.0470. The molecule has 0 aliphatic carbocycles. The van der Waals surface area contributed by atoms with Gasteiger partial charge in [-0.1, -0.05) is 84.9 Å². The first kappa shape index (κ1) is 53.5. The Morgan fingerprint density at radius 3 is 1.09 bits per heavy atom. The number of anilines is 2. The molecule has 2 aliphatic heterocycles. The first-order chi connectivity index (χ1) is 37.8. The molecule has 0 saturated carbocycles. The van der Waals surface area contributed by atoms with Crippen LogP contribution in [0, 0.1) is 37.1 Å². The molecule has 0 radical (unpaired) electrons. The van der Waals surface area contributed by atoms with E-state index in [9.17, 15) is 27.2 Å². The fourth-order valence-corrected chi connectivity index (χ4v) is 11.2. The number of esters is 2. The van der Waals surface area contributed by atoms with Crippen LogP contribution in [0.3, 0.4) is 0 Å². The molecule has 78 heavy (non-hydrogen) atoms. The predicted octanol–water partition coefficient (Wildman–Crippen LogP) is 12.0. The average Bonchev–Trinajstić information content (AvgIpc) is 3.53. The SMILES string of the molecule is Cc1ccc2cccc(N3CCN(CCCC(OC(=O)/C=C/C(=O)OC(CCCN4CCN(c5cccc6ccc(C)nc56)CC4)(c4ccc(F)cc4)c4ccc(F)cc4)(c4ccc(F)cc4)c4ccc(F)cc4)CC3)c2n1. The van der Waals surface area contributed by atoms with E-state index < -0.39 is 46.4 Å². The summed E-state index contributed by atoms with van der Waals surface area (Å²) in [5.41, 5.74) is 4.78. The molecule has 8 aromatic rings. The van der Waals surface area contributed by atoms with Gasteiger partial charge in [0, 0.05) is 109 Å². The lowest BCUT2D eigenvalue weighted by Gasteiger charge is -2.38. The molecule has 2 aliphatic rings. The van der Waals surface area contributed by atoms with Crippen LogP contribution in [-0.2, 0) is 30.3 Å². The van der Waals surface area contributed by atoms with Crippen molar-refractivity contribution in [1.82, 2.24) is 19.8 Å². The molecule has 6 aromatic carbocycles. The molecule has 2 fully saturated rings. The summed E-state index contributed by atoms with van der Waals surface area (Å²) in [5.74, 6) is -3.78. The molecule has 0 atom stereocenters. The second-order valence-corrected chi connectivity index (χ2v) is 20.3. The number of nitrogens with zero attached hydrogens (tertiary/aromatic N) is 6. The first-order valence-electron chi connectivity index (χ1n) is 26.7. The average molecular weight is 1060 g/mol. The highest BCUT2D eigenvalue weighted by molar-refractivity contribution is 5.93. The van der Waals surface area contributed by atoms with Crippen LogP contribution in [0.5, 0.6) is 0 Å². The van der Waals surface area contributed by atoms with Gasteiger partial charge in [0.1, 0.15) is 23.3 Å². The van der Waals surface area contributed by atoms with E-state index in [2.05, 4.69) is 68.1 Å². The normalized spacial score (nSPS) is 14.8. The van der Waals surface area contributed by atoms with E-state index in [-0.39, 0.29) is 12.8 Å². The fourth-order valence-electron chi connectivity index (χ4n) is 11.2. The molecule has 4 heterocycles. The molecule has 0 N–H and O–H groups in total. The second kappa shape index (κ2) is 23.7. The highest BCUT2D eigenvalue weighted by Crippen LogP contribution is 2.41. The number of hydrogen-bond donors (Lipinski definition) is 0. The van der Waals surface area contributed by atoms with Crippen molar-refractivity contribution in [3.05, 3.63) is 227 Å². The smallest absolute Gasteiger partial charge is 0.332 e. The van der Waals surface area contributed by atoms with Crippen molar-refractivity contribution in [2.45, 2.75) is 50.7 Å². The van der Waals surface area contributed by atoms with Crippen molar-refractivity contribution < 1.29 is 36.6 Å². The molecular weight excluding hydrogens is 993 g/mol. The van der Waals surface area contributed by atoms with Crippen LogP contribution in [0.2, 0.25) is 0 Å². The lowest BCUT2D eigenvalue weighted by molar-refractivity contribution is -0.154. The van der Waals surface area contributed by atoms with Crippen LogP contribution >= 0.6 is 0 Å². The Balaban J connectivity index is 0.862. The van der Waals surface area contributed by atoms with Crippen LogP contribution in [0.1, 0.15) is 59.3 Å². The largest absolute Gasteiger partial charge is 0.446 e. The summed E-state index contributed by atoms with van der Waals surface area (Å²) >= 11 is 0. The number of fused-ring (bicyclic) bond motifs is 2. The van der Waals surface area contributed by atoms with E-state index in [1.807, 2.05) is 26.0 Å². The highest BCUT2D eigenvalue weighted by Gasteiger charge is 2.40. The third kappa shape index (κ3) is 12.1. The summed E-state index contributed by atoms with van der Waals surface area (Å²) in [5, 5.41) is 2.17. The monoisotopic (exact) mass is 1050 g/mol. The Morgan fingerprint density at radius 1 is 0.449 bits per heavy atom. The molecule has 0 amide bonds. The van der Waals surface area contributed by atoms with Gasteiger partial charge in [-0.3, -0.25) is 19.8 Å². The molecule has 2 aromatic heterocycles. The van der Waals surface area contributed by atoms with Gasteiger partial charge in [-0.25, -0.2) is 27.2 Å². The number of hydrogen-bond acceptors (Lipinski definition) is 10. The Bertz CT molecular complexity index is 3080. The van der Waals surface area contributed by atoms with E-state index in [1.54, 1.807) is 48.5 Å². The first-order valence-corrected chi connectivity index (χ1v) is 26.7. The lowest BCUT2D eigenvalue weighted by Crippen LogP contribution is -2.47. The number of piperazine rings is 2. The Kier molecular flexibility index (Phi) is 16.3. The number of carbonyl (C=O) groups is 2. The minimum absolute atomic E-state index is 0.231. The molecular formula is C64H62F4N6O4. The zero-order chi connectivity index (χ0) is 54.2. The minimum Gasteiger partial charge on any atom is -0.446 e. The third-order valence-corrected chi connectivity index (χ3v) is 15.3. The summed E-state index contributed by atoms with van der Waals surface area (Å²) in [6.45, 7) is 11.4. The van der Waals surface area contributed by atoms with Crippen LogP contribution in [0.25, 0.3) is 21.8 Å². The standard InChI is InChI=1S/C64H62F4N6O4/c1-45-11-13-47-7-3-9-57(61(47)69-45)73-41-37-71(38-42-73)35-5-33-63(49-15-23-53(65)24-16-49,50-17-25-54(66)26-18-50)77-59(75)31-32-60(76)78-64(51-19-27-55(67)28-20-51,52-21-29-56(68)30-22-52)34-6-36-72-39-43-74(44-40-72)58-10-4-8-48-14-12-46(2)70-62(48)58/h3-4,7-32H,5-6,33-44H2,1-2H3/b32-31+. The molecule has 10 rings (SSSR count). The van der Waals surface area contributed by atoms with Crippen molar-refractivity contribution in [2.75, 3.05) is 75.2 Å². The number of para-hydroxylation sites is 2. The molecule has 2 saturated heterocycles. The van der Waals surface area contributed by atoms with Crippen LogP contribution in [0.15, 0.2) is 170 Å². The Labute approximate surface area is 452 Å². The number of benzene rings is 6. The van der Waals surface area contributed by atoms with Gasteiger partial charge in [-0.05, 0) is 125 Å². The second-order valence-electron chi connectivity index (χ2n) is 20.3. The summed E-state index contributed by atoms with van der Waals surface area (Å²) in [4.78, 5) is 47.8. The van der Waals surface area contributed by atoms with E-state index in [1.165, 1.54) is 48.5 Å². The van der Waals surface area contributed by atoms with Crippen molar-refractivity contribution in [3.8, 4) is 0 Å². The fraction of sp³-hybridized carbons (Fsp3) is 0.281. The summed E-state index contributed by atoms with van der Waals surface area (Å²) < 4.78 is 71.3. The van der Waals surface area contributed by atoms with Gasteiger partial charge in [-0.15, -0.1) is 0 Å². The van der Waals surface area contributed by atoms with Gasteiger partial charge < -0.3 is 19.3 Å². The topological polar surface area (TPSA) is 91.3 Å². The number of carbonyl (C=O) groups excluding carboxylic acids is 2. The highest BCUT2D eigenvalue weighted by atomic mass is 19.1. The van der Waals surface area contributed by atoms with E-state index in [0.29, 0.717) is 48.2 Å². The van der Waals surface area contributed by atoms with Gasteiger partial charge in [0.25, 0.3) is 0 Å². The van der Waals surface area contributed by atoms with E-state index in [0.717, 1.165) is 109 Å². The van der Waals surface area contributed by atoms with Gasteiger partial charge in [0.05, 0.1) is 22.4 Å². The van der Waals surface area contributed by atoms with Crippen LogP contribution in [-0.4, -0.2) is 97.2 Å². The Hall–Kier alpha value is -7.94. The number of halogens is 4. The molecule has 400 valence electrons. The number of pyridine rings is 2. The summed E-state index contributed by atoms with van der Waals surface area (Å²) in [6, 6.07) is 43.3. The van der Waals surface area contributed by atoms with Gasteiger partial charge in [-0.2, -0.15) is 0 Å². The number of aryl methyl sites for hydroxylation is 2. The molecule has 0 unspecified atom stereocenters. The van der Waals surface area contributed by atoms with Gasteiger partial charge >= 0.3 is 11.9 Å². The van der Waals surface area contributed by atoms with Crippen LogP contribution in [0.4, 0.5) is 28.9 Å². The Morgan fingerprint density at radius 2 is 0.769 bits per heavy atom. The zero-order valence-corrected chi connectivity index (χ0v) is 43.9. The number of rotatable bonds is 18. The van der Waals surface area contributed by atoms with Gasteiger partial charge in [0.15, 0.2) is 11.2 Å². The van der Waals surface area contributed by atoms with Gasteiger partial charge in [0.2, 0.25) is 0 Å². The molecule has 14 heteroatoms. The molecule has 0 spiro atoms. The number of aromatic nitrogens is 2. The minimum atomic E-state index is -1.54. The maximum Gasteiger partial charge on any atom is 0.332 e. The third-order valence-electron chi connectivity index (χ3n) is 15.3. The van der Waals surface area contributed by atoms with E-state index >= 15 is 0 Å². The lowest BCUT2D eigenvalue weighted by atomic mass is 9.82. The van der Waals surface area contributed by atoms with Crippen molar-refractivity contribution in [1.29, 1.82) is 0 Å². The van der Waals surface area contributed by atoms with Crippen molar-refractivity contribution in [3.63, 3.8) is 0 Å². The number of ether oxygens (including phenoxy) is 2. The summed E-state index contributed by atoms with van der Waals surface area (Å²) in [7, 11) is 0. The zero-order valence-electron chi connectivity index (χ0n) is 43.9. The van der Waals surface area contributed by atoms with Crippen LogP contribution < -0.4 is 9.80 Å². The van der Waals surface area contributed by atoms with E-state index in [4.69, 9.17) is 19.4 Å². The maximum absolute atomic E-state index is 14.6. The maximum atomic E-state index is 14.6. The predicted molar refractivity (Wildman–Crippen MR) is 297 cm³/mol. The van der Waals surface area contributed by atoms with Crippen molar-refractivity contribution in [2.24, 2.45) is 0 Å². The molecule has 0 bridgehead atoms. The van der Waals surface area contributed by atoms with Crippen molar-refractivity contribution >= 4 is 45.1 Å².